The number of imidazole rings is 2. The molecule has 6 aromatic rings. The van der Waals surface area contributed by atoms with Crippen molar-refractivity contribution in [3.05, 3.63) is 110 Å². The lowest BCUT2D eigenvalue weighted by Crippen LogP contribution is -2.41. The van der Waals surface area contributed by atoms with E-state index in [2.05, 4.69) is 88.2 Å². The SMILES string of the molecule is C#CC#CC#CC#CC.CC1(C)OB(c2cc(F)c(Cl)cc2F)OC1(C)C.O=C(NC1CC1)c1nc2cccnn2c1-c1cc(F)c(Cl)cc1F.O=C(NC1CC1)c1nc2cccnn2c1Br. The molecule has 12 nitrogen and oxygen atoms in total. The van der Waals surface area contributed by atoms with Gasteiger partial charge in [0, 0.05) is 35.5 Å². The van der Waals surface area contributed by atoms with Gasteiger partial charge in [-0.25, -0.2) is 36.6 Å². The van der Waals surface area contributed by atoms with Crippen LogP contribution in [-0.2, 0) is 9.31 Å². The molecule has 2 aromatic carbocycles. The minimum Gasteiger partial charge on any atom is -0.399 e. The predicted octanol–water partition coefficient (Wildman–Crippen LogP) is 8.17. The lowest BCUT2D eigenvalue weighted by atomic mass is 9.78. The molecule has 2 aliphatic carbocycles. The van der Waals surface area contributed by atoms with Gasteiger partial charge in [-0.2, -0.15) is 10.2 Å². The Morgan fingerprint density at radius 1 is 0.746 bits per heavy atom. The van der Waals surface area contributed by atoms with Crippen LogP contribution < -0.4 is 16.1 Å². The van der Waals surface area contributed by atoms with E-state index in [-0.39, 0.29) is 44.4 Å². The first-order valence-corrected chi connectivity index (χ1v) is 21.9. The molecule has 342 valence electrons. The number of fused-ring (bicyclic) bond motifs is 2. The molecular formula is C47H38BBrCl2F4N8O4. The molecule has 0 radical (unpaired) electrons. The van der Waals surface area contributed by atoms with Gasteiger partial charge < -0.3 is 19.9 Å². The summed E-state index contributed by atoms with van der Waals surface area (Å²) in [6, 6.07) is 11.1. The average molecular weight is 1020 g/mol. The third kappa shape index (κ3) is 12.3. The van der Waals surface area contributed by atoms with E-state index in [4.69, 9.17) is 38.9 Å². The van der Waals surface area contributed by atoms with Gasteiger partial charge in [0.1, 0.15) is 33.6 Å². The Morgan fingerprint density at radius 2 is 1.24 bits per heavy atom. The minimum absolute atomic E-state index is 0.00113. The number of hydrogen-bond donors (Lipinski definition) is 2. The van der Waals surface area contributed by atoms with Crippen LogP contribution in [0.25, 0.3) is 22.6 Å². The fourth-order valence-electron chi connectivity index (χ4n) is 5.84. The highest BCUT2D eigenvalue weighted by Gasteiger charge is 2.52. The van der Waals surface area contributed by atoms with Gasteiger partial charge in [0.2, 0.25) is 0 Å². The summed E-state index contributed by atoms with van der Waals surface area (Å²) in [5, 5.41) is 13.3. The van der Waals surface area contributed by atoms with Crippen LogP contribution >= 0.6 is 39.1 Å². The summed E-state index contributed by atoms with van der Waals surface area (Å²) in [6.07, 6.45) is 11.9. The van der Waals surface area contributed by atoms with Gasteiger partial charge >= 0.3 is 7.12 Å². The number of halogens is 7. The van der Waals surface area contributed by atoms with Gasteiger partial charge in [-0.3, -0.25) is 9.59 Å². The molecular weight excluding hydrogens is 978 g/mol. The Kier molecular flexibility index (Phi) is 16.1. The Morgan fingerprint density at radius 3 is 1.79 bits per heavy atom. The van der Waals surface area contributed by atoms with Crippen LogP contribution in [0.2, 0.25) is 10.0 Å². The normalized spacial score (nSPS) is 14.9. The molecule has 5 heterocycles. The molecule has 4 aromatic heterocycles. The van der Waals surface area contributed by atoms with Crippen LogP contribution in [0.5, 0.6) is 0 Å². The van der Waals surface area contributed by atoms with E-state index in [1.165, 1.54) is 10.7 Å². The monoisotopic (exact) mass is 1010 g/mol. The first kappa shape index (κ1) is 50.0. The van der Waals surface area contributed by atoms with E-state index in [1.807, 2.05) is 33.8 Å². The van der Waals surface area contributed by atoms with Crippen molar-refractivity contribution in [1.29, 1.82) is 0 Å². The van der Waals surface area contributed by atoms with Crippen molar-refractivity contribution < 1.29 is 36.5 Å². The van der Waals surface area contributed by atoms with Crippen molar-refractivity contribution in [3.63, 3.8) is 0 Å². The van der Waals surface area contributed by atoms with E-state index >= 15 is 0 Å². The highest BCUT2D eigenvalue weighted by molar-refractivity contribution is 9.10. The fourth-order valence-corrected chi connectivity index (χ4v) is 6.68. The number of nitrogens with zero attached hydrogens (tertiary/aromatic N) is 6. The van der Waals surface area contributed by atoms with E-state index in [9.17, 15) is 27.2 Å². The molecule has 2 N–H and O–H groups in total. The summed E-state index contributed by atoms with van der Waals surface area (Å²) in [5.74, 6) is 13.5. The molecule has 2 amide bonds. The molecule has 1 aliphatic heterocycles. The van der Waals surface area contributed by atoms with Crippen LogP contribution in [0.3, 0.4) is 0 Å². The summed E-state index contributed by atoms with van der Waals surface area (Å²) >= 11 is 14.5. The maximum atomic E-state index is 14.4. The highest BCUT2D eigenvalue weighted by atomic mass is 79.9. The zero-order valence-electron chi connectivity index (χ0n) is 36.4. The Bertz CT molecular complexity index is 3100. The molecule has 0 bridgehead atoms. The van der Waals surface area contributed by atoms with Gasteiger partial charge in [0.25, 0.3) is 11.8 Å². The smallest absolute Gasteiger partial charge is 0.399 e. The lowest BCUT2D eigenvalue weighted by Gasteiger charge is -2.32. The molecule has 2 saturated carbocycles. The van der Waals surface area contributed by atoms with Crippen LogP contribution in [0.4, 0.5) is 17.6 Å². The molecule has 3 aliphatic rings. The first-order chi connectivity index (χ1) is 31.8. The van der Waals surface area contributed by atoms with Crippen molar-refractivity contribution in [2.75, 3.05) is 0 Å². The zero-order valence-corrected chi connectivity index (χ0v) is 39.5. The number of carbonyl (C=O) groups excluding carboxylic acids is 2. The van der Waals surface area contributed by atoms with Crippen molar-refractivity contribution in [2.45, 2.75) is 83.6 Å². The average Bonchev–Trinajstić information content (AvgIpc) is 4.21. The van der Waals surface area contributed by atoms with Crippen LogP contribution in [-0.4, -0.2) is 71.4 Å². The van der Waals surface area contributed by atoms with Gasteiger partial charge in [0.05, 0.1) is 21.2 Å². The molecule has 3 fully saturated rings. The predicted molar refractivity (Wildman–Crippen MR) is 250 cm³/mol. The minimum atomic E-state index is -0.929. The Hall–Kier alpha value is -6.38. The van der Waals surface area contributed by atoms with Crippen LogP contribution in [0.1, 0.15) is 81.3 Å². The summed E-state index contributed by atoms with van der Waals surface area (Å²) in [7, 11) is -0.929. The summed E-state index contributed by atoms with van der Waals surface area (Å²) in [5.41, 5.74) is 0.224. The van der Waals surface area contributed by atoms with Gasteiger partial charge in [0.15, 0.2) is 22.7 Å². The number of hydrogen-bond acceptors (Lipinski definition) is 8. The van der Waals surface area contributed by atoms with Gasteiger partial charge in [-0.1, -0.05) is 29.1 Å². The highest BCUT2D eigenvalue weighted by Crippen LogP contribution is 2.37. The van der Waals surface area contributed by atoms with Crippen molar-refractivity contribution >= 4 is 74.8 Å². The molecule has 0 spiro atoms. The summed E-state index contributed by atoms with van der Waals surface area (Å²) < 4.78 is 70.2. The Labute approximate surface area is 402 Å². The van der Waals surface area contributed by atoms with E-state index in [0.29, 0.717) is 27.6 Å². The number of benzene rings is 2. The molecule has 67 heavy (non-hydrogen) atoms. The van der Waals surface area contributed by atoms with Crippen molar-refractivity contribution in [3.8, 4) is 59.1 Å². The standard InChI is InChI=1S/C16H11ClF2N4O.C12H14BClF2O2.C10H9BrN4O.C9H4/c17-10-7-11(18)9(6-12(10)19)15-14(16(24)21-8-3-4-8)22-13-2-1-5-20-23(13)15;1-11(2)12(3,4)18-13(17-11)7-5-10(16)8(14)6-9(7)15;11-9-8(10(16)13-6-3-4-6)14-7-2-1-5-12-15(7)9;1-3-5-7-9-8-6-4-2/h1-2,5-8H,3-4H2,(H,21,24);5-6H,1-4H3;1-2,5-6H,3-4H2,(H,13,16);1H,2H3. The number of carbonyl (C=O) groups is 2. The number of rotatable bonds is 6. The van der Waals surface area contributed by atoms with Crippen LogP contribution in [0, 0.1) is 71.1 Å². The number of terminal acetylenes is 1. The van der Waals surface area contributed by atoms with E-state index in [0.717, 1.165) is 49.9 Å². The fraction of sp³-hybridized carbons (Fsp3) is 0.277. The first-order valence-electron chi connectivity index (χ1n) is 20.3. The second kappa shape index (κ2) is 21.5. The Balaban J connectivity index is 0.000000155. The van der Waals surface area contributed by atoms with Crippen molar-refractivity contribution in [1.82, 2.24) is 39.8 Å². The van der Waals surface area contributed by atoms with E-state index < -0.39 is 47.5 Å². The molecule has 20 heteroatoms. The topological polar surface area (TPSA) is 137 Å². The molecule has 9 rings (SSSR count). The second-order valence-electron chi connectivity index (χ2n) is 15.8. The summed E-state index contributed by atoms with van der Waals surface area (Å²) in [6.45, 7) is 9.09. The molecule has 1 saturated heterocycles. The largest absolute Gasteiger partial charge is 0.497 e. The third-order valence-corrected chi connectivity index (χ3v) is 11.5. The second-order valence-corrected chi connectivity index (χ2v) is 17.4. The zero-order chi connectivity index (χ0) is 48.6. The van der Waals surface area contributed by atoms with Gasteiger partial charge in [-0.05, 0) is 160 Å². The quantitative estimate of drug-likeness (QED) is 0.0739. The molecule has 0 unspecified atom stereocenters. The number of nitrogens with one attached hydrogen (secondary N) is 2. The van der Waals surface area contributed by atoms with Crippen molar-refractivity contribution in [2.24, 2.45) is 0 Å². The van der Waals surface area contributed by atoms with Gasteiger partial charge in [-0.15, -0.1) is 6.42 Å². The van der Waals surface area contributed by atoms with E-state index in [1.54, 1.807) is 35.8 Å². The maximum Gasteiger partial charge on any atom is 0.497 e. The number of amides is 2. The number of aromatic nitrogens is 6. The maximum absolute atomic E-state index is 14.4. The van der Waals surface area contributed by atoms with Crippen LogP contribution in [0.15, 0.2) is 65.5 Å². The molecule has 0 atom stereocenters. The summed E-state index contributed by atoms with van der Waals surface area (Å²) in [4.78, 5) is 32.8. The lowest BCUT2D eigenvalue weighted by molar-refractivity contribution is 0.00578. The third-order valence-electron chi connectivity index (χ3n) is 10.2.